The van der Waals surface area contributed by atoms with E-state index in [2.05, 4.69) is 15.1 Å². The third-order valence-corrected chi connectivity index (χ3v) is 6.07. The van der Waals surface area contributed by atoms with Crippen LogP contribution in [-0.4, -0.2) is 74.1 Å². The van der Waals surface area contributed by atoms with Crippen LogP contribution in [0.4, 0.5) is 5.00 Å². The van der Waals surface area contributed by atoms with Crippen molar-refractivity contribution in [2.45, 2.75) is 13.0 Å². The second-order valence-corrected chi connectivity index (χ2v) is 8.01. The molecule has 3 rings (SSSR count). The van der Waals surface area contributed by atoms with E-state index in [1.807, 2.05) is 31.2 Å². The molecule has 9 heteroatoms. The van der Waals surface area contributed by atoms with Crippen molar-refractivity contribution in [3.05, 3.63) is 41.3 Å². The van der Waals surface area contributed by atoms with E-state index in [4.69, 9.17) is 15.2 Å². The van der Waals surface area contributed by atoms with Crippen LogP contribution in [0, 0.1) is 0 Å². The minimum atomic E-state index is -0.537. The van der Waals surface area contributed by atoms with Crippen LogP contribution in [0.3, 0.4) is 0 Å². The number of hydrogen-bond donors (Lipinski definition) is 2. The van der Waals surface area contributed by atoms with Crippen LogP contribution >= 0.6 is 11.3 Å². The molecule has 1 aromatic heterocycles. The van der Waals surface area contributed by atoms with Gasteiger partial charge in [0.05, 0.1) is 18.7 Å². The van der Waals surface area contributed by atoms with Crippen molar-refractivity contribution in [1.29, 1.82) is 0 Å². The fraction of sp³-hybridized carbons (Fsp3) is 0.429. The van der Waals surface area contributed by atoms with Gasteiger partial charge < -0.3 is 20.5 Å². The molecule has 0 bridgehead atoms. The SMILES string of the molecule is COc1ccc(OCCN2CCN([C@@H](C)C(=O)Nc3sccc3C(N)=O)CC2)cc1. The number of benzene rings is 1. The van der Waals surface area contributed by atoms with Gasteiger partial charge in [-0.15, -0.1) is 11.3 Å². The van der Waals surface area contributed by atoms with Crippen LogP contribution in [-0.2, 0) is 4.79 Å². The van der Waals surface area contributed by atoms with Gasteiger partial charge in [-0.1, -0.05) is 0 Å². The summed E-state index contributed by atoms with van der Waals surface area (Å²) in [6, 6.07) is 8.89. The van der Waals surface area contributed by atoms with Crippen molar-refractivity contribution in [3.8, 4) is 11.5 Å². The quantitative estimate of drug-likeness (QED) is 0.628. The van der Waals surface area contributed by atoms with Gasteiger partial charge in [-0.05, 0) is 42.6 Å². The lowest BCUT2D eigenvalue weighted by Gasteiger charge is -2.37. The highest BCUT2D eigenvalue weighted by Crippen LogP contribution is 2.23. The molecule has 3 N–H and O–H groups in total. The molecule has 0 aliphatic carbocycles. The Hall–Kier alpha value is -2.62. The van der Waals surface area contributed by atoms with E-state index in [9.17, 15) is 9.59 Å². The first-order chi connectivity index (χ1) is 14.5. The number of amides is 2. The zero-order valence-corrected chi connectivity index (χ0v) is 18.1. The summed E-state index contributed by atoms with van der Waals surface area (Å²) in [6.45, 7) is 6.66. The molecule has 30 heavy (non-hydrogen) atoms. The number of nitrogens with zero attached hydrogens (tertiary/aromatic N) is 2. The number of ether oxygens (including phenoxy) is 2. The molecule has 1 aromatic carbocycles. The number of thiophene rings is 1. The van der Waals surface area contributed by atoms with Crippen LogP contribution < -0.4 is 20.5 Å². The molecule has 0 unspecified atom stereocenters. The van der Waals surface area contributed by atoms with Crippen LogP contribution in [0.25, 0.3) is 0 Å². The summed E-state index contributed by atoms with van der Waals surface area (Å²) in [5, 5.41) is 5.09. The van der Waals surface area contributed by atoms with Crippen molar-refractivity contribution in [3.63, 3.8) is 0 Å². The molecule has 1 fully saturated rings. The minimum Gasteiger partial charge on any atom is -0.497 e. The summed E-state index contributed by atoms with van der Waals surface area (Å²) in [5.74, 6) is 0.964. The lowest BCUT2D eigenvalue weighted by atomic mass is 10.2. The van der Waals surface area contributed by atoms with Crippen LogP contribution in [0.2, 0.25) is 0 Å². The maximum atomic E-state index is 12.6. The second kappa shape index (κ2) is 10.4. The summed E-state index contributed by atoms with van der Waals surface area (Å²) in [5.41, 5.74) is 5.69. The number of primary amides is 1. The molecule has 0 radical (unpaired) electrons. The zero-order chi connectivity index (χ0) is 21.5. The van der Waals surface area contributed by atoms with E-state index in [1.165, 1.54) is 11.3 Å². The normalized spacial score (nSPS) is 16.1. The van der Waals surface area contributed by atoms with E-state index in [0.29, 0.717) is 17.2 Å². The Morgan fingerprint density at radius 3 is 2.43 bits per heavy atom. The lowest BCUT2D eigenvalue weighted by Crippen LogP contribution is -2.53. The van der Waals surface area contributed by atoms with Crippen LogP contribution in [0.15, 0.2) is 35.7 Å². The molecule has 1 aliphatic rings. The Kier molecular flexibility index (Phi) is 7.67. The molecular formula is C21H28N4O4S. The highest BCUT2D eigenvalue weighted by atomic mass is 32.1. The Bertz CT molecular complexity index is 847. The number of anilines is 1. The Morgan fingerprint density at radius 2 is 1.80 bits per heavy atom. The standard InChI is InChI=1S/C21H28N4O4S/c1-15(20(27)23-21-18(19(22)26)7-14-30-21)25-10-8-24(9-11-25)12-13-29-17-5-3-16(28-2)4-6-17/h3-7,14-15H,8-13H2,1-2H3,(H2,22,26)(H,23,27)/t15-/m0/s1. The second-order valence-electron chi connectivity index (χ2n) is 7.09. The molecular weight excluding hydrogens is 404 g/mol. The van der Waals surface area contributed by atoms with E-state index >= 15 is 0 Å². The van der Waals surface area contributed by atoms with Crippen LogP contribution in [0.1, 0.15) is 17.3 Å². The fourth-order valence-corrected chi connectivity index (χ4v) is 4.12. The third kappa shape index (κ3) is 5.71. The van der Waals surface area contributed by atoms with Gasteiger partial charge in [0.15, 0.2) is 0 Å². The molecule has 0 spiro atoms. The van der Waals surface area contributed by atoms with Crippen molar-refractivity contribution in [2.24, 2.45) is 5.73 Å². The Balaban J connectivity index is 1.40. The summed E-state index contributed by atoms with van der Waals surface area (Å²) < 4.78 is 10.9. The van der Waals surface area contributed by atoms with Gasteiger partial charge in [-0.3, -0.25) is 19.4 Å². The van der Waals surface area contributed by atoms with E-state index in [0.717, 1.165) is 44.2 Å². The number of rotatable bonds is 9. The fourth-order valence-electron chi connectivity index (χ4n) is 3.32. The molecule has 1 saturated heterocycles. The first-order valence-electron chi connectivity index (χ1n) is 9.89. The van der Waals surface area contributed by atoms with E-state index in [-0.39, 0.29) is 11.9 Å². The average Bonchev–Trinajstić information content (AvgIpc) is 3.22. The monoisotopic (exact) mass is 432 g/mol. The molecule has 1 atom stereocenters. The number of hydrogen-bond acceptors (Lipinski definition) is 7. The predicted octanol–water partition coefficient (Wildman–Crippen LogP) is 1.88. The number of nitrogens with two attached hydrogens (primary N) is 1. The van der Waals surface area contributed by atoms with Crippen molar-refractivity contribution < 1.29 is 19.1 Å². The van der Waals surface area contributed by atoms with E-state index in [1.54, 1.807) is 18.6 Å². The van der Waals surface area contributed by atoms with E-state index < -0.39 is 5.91 Å². The largest absolute Gasteiger partial charge is 0.497 e. The Labute approximate surface area is 180 Å². The lowest BCUT2D eigenvalue weighted by molar-refractivity contribution is -0.121. The maximum absolute atomic E-state index is 12.6. The minimum absolute atomic E-state index is 0.128. The summed E-state index contributed by atoms with van der Waals surface area (Å²) in [6.07, 6.45) is 0. The molecule has 2 aromatic rings. The number of methoxy groups -OCH3 is 1. The Morgan fingerprint density at radius 1 is 1.13 bits per heavy atom. The van der Waals surface area contributed by atoms with Gasteiger partial charge in [-0.2, -0.15) is 0 Å². The van der Waals surface area contributed by atoms with Crippen molar-refractivity contribution >= 4 is 28.2 Å². The first-order valence-corrected chi connectivity index (χ1v) is 10.8. The van der Waals surface area contributed by atoms with Crippen molar-refractivity contribution in [1.82, 2.24) is 9.80 Å². The third-order valence-electron chi connectivity index (χ3n) is 5.24. The van der Waals surface area contributed by atoms with Gasteiger partial charge in [0.25, 0.3) is 5.91 Å². The van der Waals surface area contributed by atoms with Gasteiger partial charge >= 0.3 is 0 Å². The topological polar surface area (TPSA) is 97.1 Å². The highest BCUT2D eigenvalue weighted by molar-refractivity contribution is 7.14. The van der Waals surface area contributed by atoms with Gasteiger partial charge in [0.2, 0.25) is 5.91 Å². The summed E-state index contributed by atoms with van der Waals surface area (Å²) in [7, 11) is 1.64. The number of piperazine rings is 1. The summed E-state index contributed by atoms with van der Waals surface area (Å²) in [4.78, 5) is 28.5. The predicted molar refractivity (Wildman–Crippen MR) is 117 cm³/mol. The molecule has 2 heterocycles. The maximum Gasteiger partial charge on any atom is 0.251 e. The smallest absolute Gasteiger partial charge is 0.251 e. The number of nitrogens with one attached hydrogen (secondary N) is 1. The van der Waals surface area contributed by atoms with Gasteiger partial charge in [0, 0.05) is 32.7 Å². The van der Waals surface area contributed by atoms with Crippen molar-refractivity contribution in [2.75, 3.05) is 51.8 Å². The van der Waals surface area contributed by atoms with Crippen LogP contribution in [0.5, 0.6) is 11.5 Å². The molecule has 8 nitrogen and oxygen atoms in total. The molecule has 0 saturated carbocycles. The number of carbonyl (C=O) groups excluding carboxylic acids is 2. The molecule has 2 amide bonds. The molecule has 1 aliphatic heterocycles. The molecule has 162 valence electrons. The average molecular weight is 433 g/mol. The number of carbonyl (C=O) groups is 2. The first kappa shape index (κ1) is 22.1. The summed E-state index contributed by atoms with van der Waals surface area (Å²) >= 11 is 1.30. The zero-order valence-electron chi connectivity index (χ0n) is 17.3. The highest BCUT2D eigenvalue weighted by Gasteiger charge is 2.26. The van der Waals surface area contributed by atoms with Gasteiger partial charge in [0.1, 0.15) is 23.1 Å². The van der Waals surface area contributed by atoms with Gasteiger partial charge in [-0.25, -0.2) is 0 Å².